The molecule has 2 aliphatic rings. The van der Waals surface area contributed by atoms with E-state index in [4.69, 9.17) is 14.6 Å². The Kier molecular flexibility index (Phi) is 5.28. The quantitative estimate of drug-likeness (QED) is 0.572. The van der Waals surface area contributed by atoms with Crippen molar-refractivity contribution in [3.8, 4) is 11.5 Å². The van der Waals surface area contributed by atoms with Gasteiger partial charge in [0.1, 0.15) is 6.10 Å². The van der Waals surface area contributed by atoms with Crippen LogP contribution < -0.4 is 14.2 Å². The molecule has 0 aromatic heterocycles. The molecular formula is C19H18BrNO7S. The van der Waals surface area contributed by atoms with Gasteiger partial charge >= 0.3 is 5.97 Å². The molecular weight excluding hydrogens is 466 g/mol. The summed E-state index contributed by atoms with van der Waals surface area (Å²) in [6.07, 6.45) is -1.13. The number of ether oxygens (including phenoxy) is 2. The van der Waals surface area contributed by atoms with Crippen molar-refractivity contribution in [2.24, 2.45) is 0 Å². The third-order valence-corrected chi connectivity index (χ3v) is 7.01. The van der Waals surface area contributed by atoms with E-state index in [1.54, 1.807) is 30.3 Å². The van der Waals surface area contributed by atoms with Crippen molar-refractivity contribution in [2.75, 3.05) is 6.61 Å². The molecule has 1 fully saturated rings. The summed E-state index contributed by atoms with van der Waals surface area (Å²) in [7, 11) is -3.88. The lowest BCUT2D eigenvalue weighted by atomic mass is 9.94. The van der Waals surface area contributed by atoms with Gasteiger partial charge in [-0.1, -0.05) is 34.1 Å². The van der Waals surface area contributed by atoms with Gasteiger partial charge in [-0.2, -0.15) is 0 Å². The van der Waals surface area contributed by atoms with Crippen LogP contribution in [0.2, 0.25) is 0 Å². The number of rotatable bonds is 6. The molecule has 10 heteroatoms. The molecule has 4 unspecified atom stereocenters. The lowest BCUT2D eigenvalue weighted by Crippen LogP contribution is -2.43. The van der Waals surface area contributed by atoms with Crippen LogP contribution in [0.5, 0.6) is 11.5 Å². The number of aliphatic carboxylic acids is 1. The van der Waals surface area contributed by atoms with E-state index in [-0.39, 0.29) is 17.1 Å². The number of carboxylic acids is 1. The monoisotopic (exact) mass is 483 g/mol. The second kappa shape index (κ2) is 7.60. The first-order chi connectivity index (χ1) is 13.8. The van der Waals surface area contributed by atoms with Crippen LogP contribution in [0.15, 0.2) is 51.8 Å². The Labute approximate surface area is 175 Å². The van der Waals surface area contributed by atoms with Crippen molar-refractivity contribution in [1.82, 2.24) is 4.72 Å². The molecule has 0 radical (unpaired) electrons. The largest absolute Gasteiger partial charge is 0.485 e. The van der Waals surface area contributed by atoms with Crippen LogP contribution in [0.1, 0.15) is 17.9 Å². The van der Waals surface area contributed by atoms with Crippen LogP contribution >= 0.6 is 15.9 Å². The van der Waals surface area contributed by atoms with Gasteiger partial charge in [0.05, 0.1) is 17.0 Å². The van der Waals surface area contributed by atoms with E-state index in [0.29, 0.717) is 15.8 Å². The topological polar surface area (TPSA) is 122 Å². The van der Waals surface area contributed by atoms with Crippen LogP contribution in [0.3, 0.4) is 0 Å². The van der Waals surface area contributed by atoms with E-state index < -0.39 is 46.8 Å². The number of hydrogen-bond acceptors (Lipinski definition) is 6. The van der Waals surface area contributed by atoms with Crippen molar-refractivity contribution in [3.63, 3.8) is 0 Å². The van der Waals surface area contributed by atoms with Gasteiger partial charge in [0.2, 0.25) is 10.0 Å². The van der Waals surface area contributed by atoms with E-state index in [1.807, 2.05) is 0 Å². The van der Waals surface area contributed by atoms with Crippen molar-refractivity contribution in [2.45, 2.75) is 35.5 Å². The molecule has 0 spiro atoms. The summed E-state index contributed by atoms with van der Waals surface area (Å²) < 4.78 is 40.2. The Bertz CT molecular complexity index is 1060. The first-order valence-corrected chi connectivity index (χ1v) is 11.1. The zero-order chi connectivity index (χ0) is 20.8. The number of sulfonamides is 1. The minimum Gasteiger partial charge on any atom is -0.485 e. The molecule has 4 atom stereocenters. The van der Waals surface area contributed by atoms with Crippen molar-refractivity contribution < 1.29 is 32.9 Å². The molecule has 0 amide bonds. The van der Waals surface area contributed by atoms with Crippen LogP contribution in [0.4, 0.5) is 0 Å². The molecule has 29 heavy (non-hydrogen) atoms. The Morgan fingerprint density at radius 3 is 2.76 bits per heavy atom. The maximum atomic E-state index is 12.9. The van der Waals surface area contributed by atoms with Gasteiger partial charge < -0.3 is 19.7 Å². The number of benzene rings is 2. The van der Waals surface area contributed by atoms with E-state index in [1.165, 1.54) is 12.1 Å². The molecule has 2 aromatic carbocycles. The average molecular weight is 484 g/mol. The lowest BCUT2D eigenvalue weighted by Gasteiger charge is -2.22. The Morgan fingerprint density at radius 2 is 2.03 bits per heavy atom. The first-order valence-electron chi connectivity index (χ1n) is 8.86. The number of hydrogen-bond donors (Lipinski definition) is 3. The number of nitrogens with one attached hydrogen (secondary N) is 1. The highest BCUT2D eigenvalue weighted by atomic mass is 79.9. The highest BCUT2D eigenvalue weighted by molar-refractivity contribution is 9.10. The standard InChI is InChI=1S/C19H18BrNO7S/c20-10-3-1-4-11(7-10)29(25,26)21-18-13(22)8-15-17(18)12-5-2-6-14(19(12)28-15)27-9-16(23)24/h1-7,13,15,17-18,21-22H,8-9H2,(H,23,24). The molecule has 154 valence electrons. The normalized spacial score (nSPS) is 25.2. The Balaban J connectivity index is 1.63. The maximum absolute atomic E-state index is 12.9. The fraction of sp³-hybridized carbons (Fsp3) is 0.316. The summed E-state index contributed by atoms with van der Waals surface area (Å²) >= 11 is 3.26. The van der Waals surface area contributed by atoms with E-state index in [0.717, 1.165) is 0 Å². The van der Waals surface area contributed by atoms with E-state index >= 15 is 0 Å². The summed E-state index contributed by atoms with van der Waals surface area (Å²) in [5.74, 6) is -0.865. The number of carbonyl (C=O) groups is 1. The van der Waals surface area contributed by atoms with Gasteiger partial charge in [-0.15, -0.1) is 0 Å². The summed E-state index contributed by atoms with van der Waals surface area (Å²) in [4.78, 5) is 10.9. The highest BCUT2D eigenvalue weighted by Crippen LogP contribution is 2.51. The van der Waals surface area contributed by atoms with Crippen molar-refractivity contribution in [3.05, 3.63) is 52.5 Å². The predicted molar refractivity (Wildman–Crippen MR) is 106 cm³/mol. The van der Waals surface area contributed by atoms with Crippen LogP contribution in [0, 0.1) is 0 Å². The zero-order valence-electron chi connectivity index (χ0n) is 15.0. The summed E-state index contributed by atoms with van der Waals surface area (Å²) in [6.45, 7) is -0.517. The zero-order valence-corrected chi connectivity index (χ0v) is 17.4. The third-order valence-electron chi connectivity index (χ3n) is 5.06. The lowest BCUT2D eigenvalue weighted by molar-refractivity contribution is -0.139. The fourth-order valence-electron chi connectivity index (χ4n) is 3.88. The molecule has 1 aliphatic carbocycles. The minimum absolute atomic E-state index is 0.0835. The Morgan fingerprint density at radius 1 is 1.28 bits per heavy atom. The van der Waals surface area contributed by atoms with Gasteiger partial charge in [-0.05, 0) is 24.3 Å². The molecule has 1 heterocycles. The van der Waals surface area contributed by atoms with Gasteiger partial charge in [0.15, 0.2) is 18.1 Å². The van der Waals surface area contributed by atoms with Gasteiger partial charge in [0, 0.05) is 22.4 Å². The van der Waals surface area contributed by atoms with Crippen molar-refractivity contribution in [1.29, 1.82) is 0 Å². The number of aliphatic hydroxyl groups is 1. The highest BCUT2D eigenvalue weighted by Gasteiger charge is 2.51. The number of carboxylic acid groups (broad SMARTS) is 1. The van der Waals surface area contributed by atoms with Gasteiger partial charge in [0.25, 0.3) is 0 Å². The second-order valence-corrected chi connectivity index (χ2v) is 9.58. The summed E-state index contributed by atoms with van der Waals surface area (Å²) in [5.41, 5.74) is 0.677. The van der Waals surface area contributed by atoms with Gasteiger partial charge in [-0.3, -0.25) is 0 Å². The maximum Gasteiger partial charge on any atom is 0.341 e. The molecule has 3 N–H and O–H groups in total. The van der Waals surface area contributed by atoms with Crippen LogP contribution in [-0.2, 0) is 14.8 Å². The van der Waals surface area contributed by atoms with Crippen molar-refractivity contribution >= 4 is 31.9 Å². The number of para-hydroxylation sites is 1. The first kappa shape index (κ1) is 20.1. The third kappa shape index (κ3) is 3.85. The smallest absolute Gasteiger partial charge is 0.341 e. The van der Waals surface area contributed by atoms with E-state index in [9.17, 15) is 18.3 Å². The van der Waals surface area contributed by atoms with Gasteiger partial charge in [-0.25, -0.2) is 17.9 Å². The number of halogens is 1. The Hall–Kier alpha value is -2.14. The molecule has 8 nitrogen and oxygen atoms in total. The fourth-order valence-corrected chi connectivity index (χ4v) is 5.76. The van der Waals surface area contributed by atoms with Crippen LogP contribution in [0.25, 0.3) is 0 Å². The summed E-state index contributed by atoms with van der Waals surface area (Å²) in [5, 5.41) is 19.3. The SMILES string of the molecule is O=C(O)COc1cccc2c1OC1CC(O)C(NS(=O)(=O)c3cccc(Br)c3)C21. The van der Waals surface area contributed by atoms with E-state index in [2.05, 4.69) is 20.7 Å². The molecule has 0 bridgehead atoms. The molecule has 4 rings (SSSR count). The molecule has 2 aromatic rings. The number of aliphatic hydroxyl groups excluding tert-OH is 1. The molecule has 1 aliphatic heterocycles. The van der Waals surface area contributed by atoms with Crippen LogP contribution in [-0.4, -0.2) is 49.5 Å². The molecule has 1 saturated carbocycles. The molecule has 0 saturated heterocycles. The summed E-state index contributed by atoms with van der Waals surface area (Å²) in [6, 6.07) is 10.6. The second-order valence-electron chi connectivity index (χ2n) is 6.95. The average Bonchev–Trinajstić information content (AvgIpc) is 3.16. The predicted octanol–water partition coefficient (Wildman–Crippen LogP) is 1.87. The number of fused-ring (bicyclic) bond motifs is 3. The minimum atomic E-state index is -3.88.